The van der Waals surface area contributed by atoms with Gasteiger partial charge in [0, 0.05) is 11.4 Å². The number of hydrogen-bond acceptors (Lipinski definition) is 4. The zero-order valence-electron chi connectivity index (χ0n) is 15.0. The summed E-state index contributed by atoms with van der Waals surface area (Å²) in [5, 5.41) is 2.90. The van der Waals surface area contributed by atoms with Crippen LogP contribution >= 0.6 is 11.8 Å². The molecule has 6 heteroatoms. The molecule has 0 fully saturated rings. The molecule has 1 N–H and O–H groups in total. The van der Waals surface area contributed by atoms with Gasteiger partial charge in [0.1, 0.15) is 6.04 Å². The molecule has 4 rings (SSSR count). The van der Waals surface area contributed by atoms with Gasteiger partial charge < -0.3 is 5.32 Å². The first-order valence-electron chi connectivity index (χ1n) is 8.98. The van der Waals surface area contributed by atoms with E-state index in [4.69, 9.17) is 0 Å². The summed E-state index contributed by atoms with van der Waals surface area (Å²) in [6.45, 7) is 0. The van der Waals surface area contributed by atoms with E-state index in [0.29, 0.717) is 22.6 Å². The lowest BCUT2D eigenvalue weighted by atomic mass is 10.1. The van der Waals surface area contributed by atoms with Crippen LogP contribution in [0.4, 0.5) is 5.69 Å². The summed E-state index contributed by atoms with van der Waals surface area (Å²) in [5.41, 5.74) is 4.02. The van der Waals surface area contributed by atoms with E-state index in [2.05, 4.69) is 5.32 Å². The Hall–Kier alpha value is -2.60. The fraction of sp³-hybridized carbons (Fsp3) is 0.286. The molecule has 0 saturated heterocycles. The number of carbonyl (C=O) groups excluding carboxylic acids is 3. The summed E-state index contributed by atoms with van der Waals surface area (Å²) < 4.78 is 0. The van der Waals surface area contributed by atoms with Crippen LogP contribution in [0.25, 0.3) is 0 Å². The third-order valence-electron chi connectivity index (χ3n) is 5.13. The summed E-state index contributed by atoms with van der Waals surface area (Å²) in [4.78, 5) is 39.6. The zero-order chi connectivity index (χ0) is 19.0. The highest BCUT2D eigenvalue weighted by molar-refractivity contribution is 7.98. The molecule has 138 valence electrons. The van der Waals surface area contributed by atoms with Crippen LogP contribution in [0.1, 0.15) is 38.3 Å². The van der Waals surface area contributed by atoms with E-state index >= 15 is 0 Å². The third-order valence-corrected chi connectivity index (χ3v) is 5.78. The first-order chi connectivity index (χ1) is 13.1. The van der Waals surface area contributed by atoms with Gasteiger partial charge in [-0.15, -0.1) is 0 Å². The minimum absolute atomic E-state index is 0.336. The Kier molecular flexibility index (Phi) is 4.74. The molecule has 0 unspecified atom stereocenters. The number of fused-ring (bicyclic) bond motifs is 2. The highest BCUT2D eigenvalue weighted by atomic mass is 32.2. The fourth-order valence-corrected chi connectivity index (χ4v) is 4.41. The maximum Gasteiger partial charge on any atom is 0.262 e. The molecule has 1 atom stereocenters. The summed E-state index contributed by atoms with van der Waals surface area (Å²) in [6, 6.07) is 11.8. The SMILES string of the molecule is CSC[C@H](C(=O)Nc1ccc2c(c1)CCC2)N1C(=O)c2ccccc2C1=O. The maximum absolute atomic E-state index is 13.0. The van der Waals surface area contributed by atoms with E-state index in [1.54, 1.807) is 24.3 Å². The Balaban J connectivity index is 1.58. The topological polar surface area (TPSA) is 66.5 Å². The summed E-state index contributed by atoms with van der Waals surface area (Å²) in [6.07, 6.45) is 5.09. The lowest BCUT2D eigenvalue weighted by Crippen LogP contribution is -2.48. The first kappa shape index (κ1) is 17.8. The Labute approximate surface area is 162 Å². The largest absolute Gasteiger partial charge is 0.324 e. The van der Waals surface area contributed by atoms with Gasteiger partial charge >= 0.3 is 0 Å². The quantitative estimate of drug-likeness (QED) is 0.810. The standard InChI is InChI=1S/C21H20N2O3S/c1-27-12-18(23-20(25)16-7-2-3-8-17(16)21(23)26)19(24)22-15-10-9-13-5-4-6-14(13)11-15/h2-3,7-11,18H,4-6,12H2,1H3,(H,22,24)/t18-/m1/s1. The predicted molar refractivity (Wildman–Crippen MR) is 106 cm³/mol. The average Bonchev–Trinajstić information content (AvgIpc) is 3.23. The molecule has 0 saturated carbocycles. The van der Waals surface area contributed by atoms with Gasteiger partial charge in [-0.05, 0) is 60.9 Å². The number of benzene rings is 2. The van der Waals surface area contributed by atoms with Crippen LogP contribution in [-0.4, -0.2) is 40.7 Å². The van der Waals surface area contributed by atoms with Crippen LogP contribution in [0.2, 0.25) is 0 Å². The van der Waals surface area contributed by atoms with Crippen molar-refractivity contribution in [2.45, 2.75) is 25.3 Å². The first-order valence-corrected chi connectivity index (χ1v) is 10.4. The van der Waals surface area contributed by atoms with E-state index in [-0.39, 0.29) is 5.91 Å². The van der Waals surface area contributed by atoms with Crippen LogP contribution in [0, 0.1) is 0 Å². The Morgan fingerprint density at radius 1 is 1.07 bits per heavy atom. The molecule has 1 aliphatic carbocycles. The van der Waals surface area contributed by atoms with Gasteiger partial charge in [-0.3, -0.25) is 19.3 Å². The summed E-state index contributed by atoms with van der Waals surface area (Å²) >= 11 is 1.43. The Morgan fingerprint density at radius 3 is 2.41 bits per heavy atom. The van der Waals surface area contributed by atoms with E-state index in [0.717, 1.165) is 24.2 Å². The molecule has 0 radical (unpaired) electrons. The van der Waals surface area contributed by atoms with Gasteiger partial charge in [0.05, 0.1) is 11.1 Å². The number of hydrogen-bond donors (Lipinski definition) is 1. The second-order valence-corrected chi connectivity index (χ2v) is 7.73. The average molecular weight is 380 g/mol. The van der Waals surface area contributed by atoms with Crippen LogP contribution in [0.3, 0.4) is 0 Å². The maximum atomic E-state index is 13.0. The number of anilines is 1. The molecule has 2 aromatic carbocycles. The number of aryl methyl sites for hydroxylation is 2. The number of rotatable bonds is 5. The summed E-state index contributed by atoms with van der Waals surface area (Å²) in [7, 11) is 0. The number of nitrogens with zero attached hydrogens (tertiary/aromatic N) is 1. The van der Waals surface area contributed by atoms with Crippen molar-refractivity contribution in [1.29, 1.82) is 0 Å². The molecule has 27 heavy (non-hydrogen) atoms. The smallest absolute Gasteiger partial charge is 0.262 e. The normalized spacial score (nSPS) is 16.3. The van der Waals surface area contributed by atoms with Gasteiger partial charge in [-0.25, -0.2) is 0 Å². The molecule has 1 aliphatic heterocycles. The molecule has 2 aromatic rings. The van der Waals surface area contributed by atoms with Gasteiger partial charge in [0.15, 0.2) is 0 Å². The molecule has 3 amide bonds. The molecule has 0 spiro atoms. The molecule has 1 heterocycles. The highest BCUT2D eigenvalue weighted by Crippen LogP contribution is 2.28. The second-order valence-electron chi connectivity index (χ2n) is 6.82. The molecule has 0 aromatic heterocycles. The van der Waals surface area contributed by atoms with Gasteiger partial charge in [0.2, 0.25) is 5.91 Å². The molecule has 0 bridgehead atoms. The van der Waals surface area contributed by atoms with Crippen molar-refractivity contribution >= 4 is 35.2 Å². The minimum atomic E-state index is -0.847. The highest BCUT2D eigenvalue weighted by Gasteiger charge is 2.42. The molecular formula is C21H20N2O3S. The van der Waals surface area contributed by atoms with Crippen molar-refractivity contribution in [3.8, 4) is 0 Å². The molecular weight excluding hydrogens is 360 g/mol. The van der Waals surface area contributed by atoms with Gasteiger partial charge in [-0.2, -0.15) is 11.8 Å². The lowest BCUT2D eigenvalue weighted by molar-refractivity contribution is -0.119. The minimum Gasteiger partial charge on any atom is -0.324 e. The van der Waals surface area contributed by atoms with Crippen molar-refractivity contribution in [1.82, 2.24) is 4.90 Å². The third kappa shape index (κ3) is 3.14. The zero-order valence-corrected chi connectivity index (χ0v) is 15.8. The lowest BCUT2D eigenvalue weighted by Gasteiger charge is -2.24. The van der Waals surface area contributed by atoms with E-state index in [1.165, 1.54) is 22.9 Å². The van der Waals surface area contributed by atoms with Crippen LogP contribution in [0.15, 0.2) is 42.5 Å². The van der Waals surface area contributed by atoms with Crippen molar-refractivity contribution in [2.75, 3.05) is 17.3 Å². The van der Waals surface area contributed by atoms with Crippen molar-refractivity contribution in [2.24, 2.45) is 0 Å². The van der Waals surface area contributed by atoms with E-state index in [1.807, 2.05) is 24.5 Å². The van der Waals surface area contributed by atoms with E-state index < -0.39 is 17.9 Å². The number of amides is 3. The van der Waals surface area contributed by atoms with Gasteiger partial charge in [0.25, 0.3) is 11.8 Å². The summed E-state index contributed by atoms with van der Waals surface area (Å²) in [5.74, 6) is -0.795. The van der Waals surface area contributed by atoms with Crippen LogP contribution in [0.5, 0.6) is 0 Å². The Bertz CT molecular complexity index is 906. The van der Waals surface area contributed by atoms with Crippen LogP contribution < -0.4 is 5.32 Å². The van der Waals surface area contributed by atoms with Crippen molar-refractivity contribution < 1.29 is 14.4 Å². The molecule has 2 aliphatic rings. The monoisotopic (exact) mass is 380 g/mol. The predicted octanol–water partition coefficient (Wildman–Crippen LogP) is 3.14. The van der Waals surface area contributed by atoms with E-state index in [9.17, 15) is 14.4 Å². The van der Waals surface area contributed by atoms with Crippen molar-refractivity contribution in [3.63, 3.8) is 0 Å². The second kappa shape index (κ2) is 7.19. The molecule has 5 nitrogen and oxygen atoms in total. The van der Waals surface area contributed by atoms with Crippen molar-refractivity contribution in [3.05, 3.63) is 64.7 Å². The Morgan fingerprint density at radius 2 is 1.74 bits per heavy atom. The number of thioether (sulfide) groups is 1. The number of carbonyl (C=O) groups is 3. The fourth-order valence-electron chi connectivity index (χ4n) is 3.79. The number of imide groups is 1. The number of nitrogens with one attached hydrogen (secondary N) is 1. The van der Waals surface area contributed by atoms with Gasteiger partial charge in [-0.1, -0.05) is 18.2 Å². The van der Waals surface area contributed by atoms with Crippen LogP contribution in [-0.2, 0) is 17.6 Å².